The second kappa shape index (κ2) is 6.04. The summed E-state index contributed by atoms with van der Waals surface area (Å²) in [5.74, 6) is -0.323. The first-order chi connectivity index (χ1) is 10.6. The van der Waals surface area contributed by atoms with Crippen molar-refractivity contribution in [2.75, 3.05) is 7.05 Å². The zero-order valence-electron chi connectivity index (χ0n) is 12.0. The molecule has 0 saturated heterocycles. The standard InChI is InChI=1S/C16H15F2NO2S/c1-19(12-8-10-4-2-3-5-11(10)9-12)15(20)14-13(6-7-22-14)21-16(17)18/h2-7,12,16H,8-9H2,1H3. The smallest absolute Gasteiger partial charge is 0.387 e. The third-order valence-electron chi connectivity index (χ3n) is 3.94. The average molecular weight is 323 g/mol. The normalized spacial score (nSPS) is 14.2. The highest BCUT2D eigenvalue weighted by molar-refractivity contribution is 7.12. The van der Waals surface area contributed by atoms with Crippen molar-refractivity contribution < 1.29 is 18.3 Å². The van der Waals surface area contributed by atoms with E-state index in [2.05, 4.69) is 16.9 Å². The molecule has 0 N–H and O–H groups in total. The average Bonchev–Trinajstić information content (AvgIpc) is 3.11. The molecule has 0 saturated carbocycles. The zero-order chi connectivity index (χ0) is 15.7. The fourth-order valence-corrected chi connectivity index (χ4v) is 3.58. The lowest BCUT2D eigenvalue weighted by Crippen LogP contribution is -2.37. The summed E-state index contributed by atoms with van der Waals surface area (Å²) in [5, 5.41) is 1.59. The SMILES string of the molecule is CN(C(=O)c1sccc1OC(F)F)C1Cc2ccccc2C1. The van der Waals surface area contributed by atoms with Crippen molar-refractivity contribution >= 4 is 17.2 Å². The number of hydrogen-bond acceptors (Lipinski definition) is 3. The number of ether oxygens (including phenoxy) is 1. The number of benzene rings is 1. The van der Waals surface area contributed by atoms with Crippen LogP contribution in [0.2, 0.25) is 0 Å². The molecule has 2 aromatic rings. The van der Waals surface area contributed by atoms with Crippen LogP contribution in [0.3, 0.4) is 0 Å². The van der Waals surface area contributed by atoms with E-state index in [0.717, 1.165) is 24.2 Å². The molecule has 0 atom stereocenters. The molecule has 22 heavy (non-hydrogen) atoms. The van der Waals surface area contributed by atoms with E-state index in [-0.39, 0.29) is 22.6 Å². The predicted molar refractivity (Wildman–Crippen MR) is 80.7 cm³/mol. The van der Waals surface area contributed by atoms with Gasteiger partial charge in [-0.25, -0.2) is 0 Å². The monoisotopic (exact) mass is 323 g/mol. The molecular weight excluding hydrogens is 308 g/mol. The molecule has 1 aromatic heterocycles. The van der Waals surface area contributed by atoms with Gasteiger partial charge in [0.25, 0.3) is 5.91 Å². The Morgan fingerprint density at radius 2 is 1.91 bits per heavy atom. The highest BCUT2D eigenvalue weighted by Crippen LogP contribution is 2.30. The molecule has 6 heteroatoms. The number of halogens is 2. The lowest BCUT2D eigenvalue weighted by atomic mass is 10.1. The third kappa shape index (κ3) is 2.83. The molecule has 0 radical (unpaired) electrons. The summed E-state index contributed by atoms with van der Waals surface area (Å²) in [6.07, 6.45) is 1.57. The summed E-state index contributed by atoms with van der Waals surface area (Å²) in [7, 11) is 1.71. The molecule has 3 nitrogen and oxygen atoms in total. The molecule has 0 unspecified atom stereocenters. The van der Waals surface area contributed by atoms with Crippen LogP contribution in [0.1, 0.15) is 20.8 Å². The van der Waals surface area contributed by atoms with Crippen LogP contribution in [0, 0.1) is 0 Å². The topological polar surface area (TPSA) is 29.5 Å². The summed E-state index contributed by atoms with van der Waals surface area (Å²) in [5.41, 5.74) is 2.48. The van der Waals surface area contributed by atoms with Crippen LogP contribution in [0.5, 0.6) is 5.75 Å². The van der Waals surface area contributed by atoms with Crippen LogP contribution in [0.25, 0.3) is 0 Å². The molecule has 0 fully saturated rings. The zero-order valence-corrected chi connectivity index (χ0v) is 12.8. The van der Waals surface area contributed by atoms with Crippen molar-refractivity contribution in [3.63, 3.8) is 0 Å². The fourth-order valence-electron chi connectivity index (χ4n) is 2.78. The molecule has 116 valence electrons. The lowest BCUT2D eigenvalue weighted by Gasteiger charge is -2.24. The van der Waals surface area contributed by atoms with Gasteiger partial charge < -0.3 is 9.64 Å². The van der Waals surface area contributed by atoms with Crippen LogP contribution >= 0.6 is 11.3 Å². The van der Waals surface area contributed by atoms with E-state index in [1.54, 1.807) is 17.3 Å². The van der Waals surface area contributed by atoms with Crippen molar-refractivity contribution in [1.29, 1.82) is 0 Å². The maximum absolute atomic E-state index is 12.6. The van der Waals surface area contributed by atoms with Gasteiger partial charge >= 0.3 is 6.61 Å². The Labute approximate surface area is 131 Å². The van der Waals surface area contributed by atoms with Crippen molar-refractivity contribution in [1.82, 2.24) is 4.90 Å². The molecule has 0 aliphatic heterocycles. The molecule has 0 bridgehead atoms. The molecule has 3 rings (SSSR count). The summed E-state index contributed by atoms with van der Waals surface area (Å²) >= 11 is 1.12. The number of carbonyl (C=O) groups excluding carboxylic acids is 1. The Kier molecular flexibility index (Phi) is 4.11. The molecule has 0 spiro atoms. The van der Waals surface area contributed by atoms with Crippen LogP contribution in [-0.2, 0) is 12.8 Å². The van der Waals surface area contributed by atoms with E-state index in [0.29, 0.717) is 0 Å². The molecule has 1 aliphatic rings. The molecule has 1 amide bonds. The Morgan fingerprint density at radius 3 is 2.50 bits per heavy atom. The van der Waals surface area contributed by atoms with E-state index in [9.17, 15) is 13.6 Å². The number of hydrogen-bond donors (Lipinski definition) is 0. The first kappa shape index (κ1) is 15.0. The predicted octanol–water partition coefficient (Wildman–Crippen LogP) is 3.59. The van der Waals surface area contributed by atoms with Crippen molar-refractivity contribution in [2.24, 2.45) is 0 Å². The Hall–Kier alpha value is -1.95. The van der Waals surface area contributed by atoms with Gasteiger partial charge in [-0.05, 0) is 35.4 Å². The number of fused-ring (bicyclic) bond motifs is 1. The van der Waals surface area contributed by atoms with Gasteiger partial charge in [0.1, 0.15) is 10.6 Å². The van der Waals surface area contributed by atoms with E-state index in [1.807, 2.05) is 12.1 Å². The number of nitrogens with zero attached hydrogens (tertiary/aromatic N) is 1. The Morgan fingerprint density at radius 1 is 1.27 bits per heavy atom. The quantitative estimate of drug-likeness (QED) is 0.860. The number of carbonyl (C=O) groups is 1. The summed E-state index contributed by atoms with van der Waals surface area (Å²) in [6.45, 7) is -2.93. The van der Waals surface area contributed by atoms with Crippen LogP contribution < -0.4 is 4.74 Å². The van der Waals surface area contributed by atoms with Gasteiger partial charge in [-0.1, -0.05) is 24.3 Å². The van der Waals surface area contributed by atoms with Gasteiger partial charge in [0.2, 0.25) is 0 Å². The number of alkyl halides is 2. The van der Waals surface area contributed by atoms with Gasteiger partial charge in [-0.15, -0.1) is 11.3 Å². The number of rotatable bonds is 4. The molecule has 1 aliphatic carbocycles. The minimum absolute atomic E-state index is 0.0476. The maximum atomic E-state index is 12.6. The summed E-state index contributed by atoms with van der Waals surface area (Å²) in [4.78, 5) is 14.4. The fraction of sp³-hybridized carbons (Fsp3) is 0.312. The van der Waals surface area contributed by atoms with Gasteiger partial charge in [0.05, 0.1) is 0 Å². The maximum Gasteiger partial charge on any atom is 0.387 e. The second-order valence-electron chi connectivity index (χ2n) is 5.24. The molecule has 1 heterocycles. The minimum Gasteiger partial charge on any atom is -0.433 e. The number of thiophene rings is 1. The van der Waals surface area contributed by atoms with Gasteiger partial charge in [-0.3, -0.25) is 4.79 Å². The Balaban J connectivity index is 1.75. The number of likely N-dealkylation sites (N-methyl/N-ethyl adjacent to an activating group) is 1. The first-order valence-electron chi connectivity index (χ1n) is 6.92. The van der Waals surface area contributed by atoms with Crippen molar-refractivity contribution in [3.05, 3.63) is 51.7 Å². The highest BCUT2D eigenvalue weighted by atomic mass is 32.1. The van der Waals surface area contributed by atoms with Gasteiger partial charge in [-0.2, -0.15) is 8.78 Å². The van der Waals surface area contributed by atoms with Crippen LogP contribution in [0.15, 0.2) is 35.7 Å². The third-order valence-corrected chi connectivity index (χ3v) is 4.82. The van der Waals surface area contributed by atoms with Crippen molar-refractivity contribution in [2.45, 2.75) is 25.5 Å². The first-order valence-corrected chi connectivity index (χ1v) is 7.80. The second-order valence-corrected chi connectivity index (χ2v) is 6.16. The van der Waals surface area contributed by atoms with E-state index in [1.165, 1.54) is 17.2 Å². The summed E-state index contributed by atoms with van der Waals surface area (Å²) < 4.78 is 29.2. The van der Waals surface area contributed by atoms with Crippen LogP contribution in [0.4, 0.5) is 8.78 Å². The van der Waals surface area contributed by atoms with E-state index in [4.69, 9.17) is 0 Å². The van der Waals surface area contributed by atoms with Gasteiger partial charge in [0.15, 0.2) is 0 Å². The van der Waals surface area contributed by atoms with E-state index < -0.39 is 6.61 Å². The van der Waals surface area contributed by atoms with E-state index >= 15 is 0 Å². The van der Waals surface area contributed by atoms with Crippen molar-refractivity contribution in [3.8, 4) is 5.75 Å². The minimum atomic E-state index is -2.93. The molecular formula is C16H15F2NO2S. The molecule has 1 aromatic carbocycles. The highest BCUT2D eigenvalue weighted by Gasteiger charge is 2.30. The Bertz CT molecular complexity index is 661. The lowest BCUT2D eigenvalue weighted by molar-refractivity contribution is -0.0499. The van der Waals surface area contributed by atoms with Gasteiger partial charge in [0, 0.05) is 13.1 Å². The summed E-state index contributed by atoms with van der Waals surface area (Å²) in [6, 6.07) is 9.54. The van der Waals surface area contributed by atoms with Crippen LogP contribution in [-0.4, -0.2) is 30.5 Å². The number of amides is 1. The largest absolute Gasteiger partial charge is 0.433 e.